The van der Waals surface area contributed by atoms with Crippen LogP contribution in [0, 0.1) is 12.3 Å². The monoisotopic (exact) mass is 269 g/mol. The average Bonchev–Trinajstić information content (AvgIpc) is 2.27. The number of amides is 3. The molecule has 0 heterocycles. The summed E-state index contributed by atoms with van der Waals surface area (Å²) in [6.45, 7) is 5.07. The summed E-state index contributed by atoms with van der Waals surface area (Å²) in [6.07, 6.45) is 4.87. The minimum absolute atomic E-state index is 0.0481. The van der Waals surface area contributed by atoms with Crippen molar-refractivity contribution in [2.45, 2.75) is 45.3 Å². The first kappa shape index (κ1) is 16.8. The van der Waals surface area contributed by atoms with E-state index in [1.807, 2.05) is 0 Å². The fourth-order valence-electron chi connectivity index (χ4n) is 1.19. The largest absolute Gasteiger partial charge is 0.480 e. The number of hydrogen-bond donors (Lipinski definition) is 4. The van der Waals surface area contributed by atoms with E-state index in [1.54, 1.807) is 13.8 Å². The number of urea groups is 1. The second kappa shape index (κ2) is 7.97. The predicted molar refractivity (Wildman–Crippen MR) is 69.3 cm³/mol. The number of carbonyl (C=O) groups excluding carboxylic acids is 2. The van der Waals surface area contributed by atoms with Crippen LogP contribution in [0.1, 0.15) is 27.2 Å². The average molecular weight is 269 g/mol. The Balaban J connectivity index is 4.33. The smallest absolute Gasteiger partial charge is 0.327 e. The molecule has 3 amide bonds. The lowest BCUT2D eigenvalue weighted by Gasteiger charge is -2.18. The SMILES string of the molecule is C#CCC(NC(=O)NC(C)C(=O)NC(C)C)C(=O)O. The number of carbonyl (C=O) groups is 3. The zero-order chi connectivity index (χ0) is 15.0. The highest BCUT2D eigenvalue weighted by atomic mass is 16.4. The number of carboxylic acid groups (broad SMARTS) is 1. The molecule has 0 saturated carbocycles. The molecule has 7 nitrogen and oxygen atoms in total. The third-order valence-electron chi connectivity index (χ3n) is 2.10. The van der Waals surface area contributed by atoms with Crippen LogP contribution in [0.3, 0.4) is 0 Å². The molecule has 0 aromatic rings. The predicted octanol–water partition coefficient (Wildman–Crippen LogP) is -0.325. The van der Waals surface area contributed by atoms with E-state index in [2.05, 4.69) is 21.9 Å². The lowest BCUT2D eigenvalue weighted by Crippen LogP contribution is -2.52. The quantitative estimate of drug-likeness (QED) is 0.495. The van der Waals surface area contributed by atoms with Crippen molar-refractivity contribution in [3.05, 3.63) is 0 Å². The minimum Gasteiger partial charge on any atom is -0.480 e. The Kier molecular flexibility index (Phi) is 7.04. The van der Waals surface area contributed by atoms with Crippen LogP contribution in [-0.2, 0) is 9.59 Å². The van der Waals surface area contributed by atoms with E-state index < -0.39 is 24.1 Å². The van der Waals surface area contributed by atoms with E-state index in [9.17, 15) is 14.4 Å². The molecule has 0 aliphatic rings. The lowest BCUT2D eigenvalue weighted by molar-refractivity contribution is -0.139. The molecule has 4 N–H and O–H groups in total. The van der Waals surface area contributed by atoms with Crippen molar-refractivity contribution in [2.75, 3.05) is 0 Å². The summed E-state index contributed by atoms with van der Waals surface area (Å²) < 4.78 is 0. The van der Waals surface area contributed by atoms with Crippen molar-refractivity contribution in [2.24, 2.45) is 0 Å². The number of hydrogen-bond acceptors (Lipinski definition) is 3. The first-order chi connectivity index (χ1) is 8.77. The van der Waals surface area contributed by atoms with Crippen molar-refractivity contribution >= 4 is 17.9 Å². The minimum atomic E-state index is -1.23. The fraction of sp³-hybridized carbons (Fsp3) is 0.583. The molecule has 0 fully saturated rings. The molecule has 0 bridgehead atoms. The number of rotatable bonds is 6. The van der Waals surface area contributed by atoms with Crippen molar-refractivity contribution in [1.29, 1.82) is 0 Å². The van der Waals surface area contributed by atoms with E-state index in [4.69, 9.17) is 11.5 Å². The van der Waals surface area contributed by atoms with Gasteiger partial charge in [-0.3, -0.25) is 4.79 Å². The zero-order valence-corrected chi connectivity index (χ0v) is 11.2. The summed E-state index contributed by atoms with van der Waals surface area (Å²) in [5.74, 6) is 0.572. The van der Waals surface area contributed by atoms with Crippen LogP contribution >= 0.6 is 0 Å². The van der Waals surface area contributed by atoms with Gasteiger partial charge in [0.05, 0.1) is 0 Å². The Morgan fingerprint density at radius 1 is 1.16 bits per heavy atom. The fourth-order valence-corrected chi connectivity index (χ4v) is 1.19. The van der Waals surface area contributed by atoms with Crippen molar-refractivity contribution in [1.82, 2.24) is 16.0 Å². The van der Waals surface area contributed by atoms with Gasteiger partial charge in [0.25, 0.3) is 0 Å². The summed E-state index contributed by atoms with van der Waals surface area (Å²) >= 11 is 0. The maximum Gasteiger partial charge on any atom is 0.327 e. The molecule has 0 rings (SSSR count). The van der Waals surface area contributed by atoms with Crippen LogP contribution in [0.5, 0.6) is 0 Å². The first-order valence-corrected chi connectivity index (χ1v) is 5.81. The maximum absolute atomic E-state index is 11.5. The Morgan fingerprint density at radius 2 is 1.74 bits per heavy atom. The summed E-state index contributed by atoms with van der Waals surface area (Å²) in [6, 6.07) is -2.75. The van der Waals surface area contributed by atoms with Crippen molar-refractivity contribution in [3.8, 4) is 12.3 Å². The molecule has 0 saturated heterocycles. The van der Waals surface area contributed by atoms with Crippen molar-refractivity contribution in [3.63, 3.8) is 0 Å². The molecule has 0 aromatic heterocycles. The summed E-state index contributed by atoms with van der Waals surface area (Å²) in [4.78, 5) is 33.8. The summed E-state index contributed by atoms with van der Waals surface area (Å²) in [5, 5.41) is 15.9. The van der Waals surface area contributed by atoms with Gasteiger partial charge in [-0.25, -0.2) is 9.59 Å². The highest BCUT2D eigenvalue weighted by Crippen LogP contribution is 1.92. The molecule has 7 heteroatoms. The number of carboxylic acids is 1. The molecule has 0 spiro atoms. The molecule has 19 heavy (non-hydrogen) atoms. The van der Waals surface area contributed by atoms with Crippen LogP contribution in [0.2, 0.25) is 0 Å². The van der Waals surface area contributed by atoms with Gasteiger partial charge in [-0.05, 0) is 20.8 Å². The molecule has 0 radical (unpaired) electrons. The van der Waals surface area contributed by atoms with Gasteiger partial charge in [0.15, 0.2) is 0 Å². The third kappa shape index (κ3) is 6.93. The molecule has 0 aromatic carbocycles. The van der Waals surface area contributed by atoms with Gasteiger partial charge in [0, 0.05) is 12.5 Å². The second-order valence-corrected chi connectivity index (χ2v) is 4.30. The van der Waals surface area contributed by atoms with Gasteiger partial charge < -0.3 is 21.1 Å². The van der Waals surface area contributed by atoms with E-state index in [0.29, 0.717) is 0 Å². The van der Waals surface area contributed by atoms with Crippen LogP contribution < -0.4 is 16.0 Å². The molecule has 2 atom stereocenters. The van der Waals surface area contributed by atoms with Crippen molar-refractivity contribution < 1.29 is 19.5 Å². The zero-order valence-electron chi connectivity index (χ0n) is 11.2. The molecular weight excluding hydrogens is 250 g/mol. The van der Waals surface area contributed by atoms with Gasteiger partial charge in [-0.1, -0.05) is 0 Å². The Bertz CT molecular complexity index is 387. The first-order valence-electron chi connectivity index (χ1n) is 5.81. The van der Waals surface area contributed by atoms with E-state index in [-0.39, 0.29) is 18.4 Å². The lowest BCUT2D eigenvalue weighted by atomic mass is 10.2. The van der Waals surface area contributed by atoms with Crippen LogP contribution in [0.15, 0.2) is 0 Å². The third-order valence-corrected chi connectivity index (χ3v) is 2.10. The normalized spacial score (nSPS) is 13.0. The topological polar surface area (TPSA) is 108 Å². The van der Waals surface area contributed by atoms with E-state index in [1.165, 1.54) is 6.92 Å². The highest BCUT2D eigenvalue weighted by Gasteiger charge is 2.21. The second-order valence-electron chi connectivity index (χ2n) is 4.30. The summed E-state index contributed by atoms with van der Waals surface area (Å²) in [5.41, 5.74) is 0. The Hall–Kier alpha value is -2.23. The van der Waals surface area contributed by atoms with Crippen LogP contribution in [-0.4, -0.2) is 41.1 Å². The van der Waals surface area contributed by atoms with Gasteiger partial charge in [0.1, 0.15) is 12.1 Å². The molecular formula is C12H19N3O4. The van der Waals surface area contributed by atoms with E-state index in [0.717, 1.165) is 0 Å². The molecule has 2 unspecified atom stereocenters. The maximum atomic E-state index is 11.5. The Morgan fingerprint density at radius 3 is 2.16 bits per heavy atom. The van der Waals surface area contributed by atoms with Gasteiger partial charge in [-0.2, -0.15) is 0 Å². The molecule has 0 aliphatic heterocycles. The van der Waals surface area contributed by atoms with Crippen LogP contribution in [0.25, 0.3) is 0 Å². The number of aliphatic carboxylic acids is 1. The van der Waals surface area contributed by atoms with E-state index >= 15 is 0 Å². The highest BCUT2D eigenvalue weighted by molar-refractivity contribution is 5.88. The van der Waals surface area contributed by atoms with Gasteiger partial charge in [-0.15, -0.1) is 12.3 Å². The molecule has 106 valence electrons. The van der Waals surface area contributed by atoms with Crippen LogP contribution in [0.4, 0.5) is 4.79 Å². The molecule has 0 aliphatic carbocycles. The Labute approximate surface area is 112 Å². The number of nitrogens with one attached hydrogen (secondary N) is 3. The van der Waals surface area contributed by atoms with Gasteiger partial charge in [0.2, 0.25) is 5.91 Å². The number of terminal acetylenes is 1. The standard InChI is InChI=1S/C12H19N3O4/c1-5-6-9(11(17)18)15-12(19)14-8(4)10(16)13-7(2)3/h1,7-9H,6H2,2-4H3,(H,13,16)(H,17,18)(H2,14,15,19). The summed E-state index contributed by atoms with van der Waals surface area (Å²) in [7, 11) is 0. The van der Waals surface area contributed by atoms with Gasteiger partial charge >= 0.3 is 12.0 Å².